The average Bonchev–Trinajstić information content (AvgIpc) is 3.03. The number of nitrogens with two attached hydrogens (primary N) is 1. The van der Waals surface area contributed by atoms with E-state index in [4.69, 9.17) is 5.73 Å². The molecule has 1 aliphatic heterocycles. The zero-order valence-corrected chi connectivity index (χ0v) is 12.0. The van der Waals surface area contributed by atoms with Crippen LogP contribution in [0.1, 0.15) is 31.4 Å². The molecular weight excluding hydrogens is 252 g/mol. The predicted octanol–water partition coefficient (Wildman–Crippen LogP) is 2.11. The van der Waals surface area contributed by atoms with Crippen LogP contribution < -0.4 is 5.73 Å². The van der Waals surface area contributed by atoms with Crippen molar-refractivity contribution in [3.8, 4) is 0 Å². The number of likely N-dealkylation sites (tertiary alicyclic amines) is 1. The van der Waals surface area contributed by atoms with Gasteiger partial charge in [0.15, 0.2) is 0 Å². The van der Waals surface area contributed by atoms with E-state index in [1.54, 1.807) is 0 Å². The molecule has 0 saturated carbocycles. The number of nitrogen functional groups attached to an aromatic ring is 1. The van der Waals surface area contributed by atoms with Crippen LogP contribution in [0.15, 0.2) is 18.2 Å². The van der Waals surface area contributed by atoms with Crippen molar-refractivity contribution in [2.45, 2.75) is 32.7 Å². The Morgan fingerprint density at radius 1 is 1.35 bits per heavy atom. The Morgan fingerprint density at radius 2 is 2.05 bits per heavy atom. The third-order valence-corrected chi connectivity index (χ3v) is 4.03. The SMILES string of the molecule is Cc1ccc2c(c1)nc(N)n2C(C)C(=O)N1CCCC1. The molecule has 106 valence electrons. The first-order valence-electron chi connectivity index (χ1n) is 7.11. The van der Waals surface area contributed by atoms with Gasteiger partial charge in [-0.1, -0.05) is 6.07 Å². The van der Waals surface area contributed by atoms with Crippen LogP contribution in [-0.4, -0.2) is 33.4 Å². The Hall–Kier alpha value is -2.04. The number of rotatable bonds is 2. The molecule has 0 radical (unpaired) electrons. The Labute approximate surface area is 118 Å². The van der Waals surface area contributed by atoms with Crippen molar-refractivity contribution in [2.24, 2.45) is 0 Å². The smallest absolute Gasteiger partial charge is 0.245 e. The number of hydrogen-bond donors (Lipinski definition) is 1. The second-order valence-corrected chi connectivity index (χ2v) is 5.54. The van der Waals surface area contributed by atoms with E-state index in [2.05, 4.69) is 4.98 Å². The van der Waals surface area contributed by atoms with Crippen LogP contribution >= 0.6 is 0 Å². The van der Waals surface area contributed by atoms with Crippen molar-refractivity contribution >= 4 is 22.9 Å². The quantitative estimate of drug-likeness (QED) is 0.910. The van der Waals surface area contributed by atoms with Crippen molar-refractivity contribution in [2.75, 3.05) is 18.8 Å². The molecule has 5 heteroatoms. The fourth-order valence-corrected chi connectivity index (χ4v) is 2.95. The molecule has 5 nitrogen and oxygen atoms in total. The van der Waals surface area contributed by atoms with Crippen LogP contribution in [0, 0.1) is 6.92 Å². The highest BCUT2D eigenvalue weighted by Crippen LogP contribution is 2.25. The summed E-state index contributed by atoms with van der Waals surface area (Å²) >= 11 is 0. The largest absolute Gasteiger partial charge is 0.369 e. The van der Waals surface area contributed by atoms with Gasteiger partial charge in [-0.25, -0.2) is 4.98 Å². The minimum Gasteiger partial charge on any atom is -0.369 e. The molecule has 20 heavy (non-hydrogen) atoms. The van der Waals surface area contributed by atoms with E-state index in [0.717, 1.165) is 42.5 Å². The lowest BCUT2D eigenvalue weighted by atomic mass is 10.2. The molecular formula is C15H20N4O. The minimum atomic E-state index is -0.305. The lowest BCUT2D eigenvalue weighted by molar-refractivity contribution is -0.133. The number of nitrogens with zero attached hydrogens (tertiary/aromatic N) is 3. The molecule has 1 aromatic carbocycles. The van der Waals surface area contributed by atoms with Crippen molar-refractivity contribution < 1.29 is 4.79 Å². The van der Waals surface area contributed by atoms with Crippen molar-refractivity contribution in [3.63, 3.8) is 0 Å². The number of aryl methyl sites for hydroxylation is 1. The van der Waals surface area contributed by atoms with Gasteiger partial charge in [-0.2, -0.15) is 0 Å². The normalized spacial score (nSPS) is 16.8. The maximum atomic E-state index is 12.5. The molecule has 0 spiro atoms. The van der Waals surface area contributed by atoms with E-state index in [1.807, 2.05) is 41.5 Å². The van der Waals surface area contributed by atoms with Gasteiger partial charge in [0, 0.05) is 13.1 Å². The fraction of sp³-hybridized carbons (Fsp3) is 0.467. The molecule has 1 saturated heterocycles. The molecule has 1 aromatic heterocycles. The molecule has 2 aromatic rings. The van der Waals surface area contributed by atoms with Crippen molar-refractivity contribution in [1.29, 1.82) is 0 Å². The van der Waals surface area contributed by atoms with Crippen molar-refractivity contribution in [1.82, 2.24) is 14.5 Å². The summed E-state index contributed by atoms with van der Waals surface area (Å²) < 4.78 is 1.84. The first-order chi connectivity index (χ1) is 9.58. The van der Waals surface area contributed by atoms with E-state index in [0.29, 0.717) is 5.95 Å². The molecule has 3 rings (SSSR count). The summed E-state index contributed by atoms with van der Waals surface area (Å²) in [6.07, 6.45) is 2.19. The second kappa shape index (κ2) is 4.81. The summed E-state index contributed by atoms with van der Waals surface area (Å²) in [6, 6.07) is 5.70. The van der Waals surface area contributed by atoms with Gasteiger partial charge in [-0.15, -0.1) is 0 Å². The highest BCUT2D eigenvalue weighted by Gasteiger charge is 2.26. The first-order valence-corrected chi connectivity index (χ1v) is 7.11. The van der Waals surface area contributed by atoms with Gasteiger partial charge in [0.05, 0.1) is 11.0 Å². The molecule has 1 atom stereocenters. The number of fused-ring (bicyclic) bond motifs is 1. The van der Waals surface area contributed by atoms with Crippen LogP contribution in [0.4, 0.5) is 5.95 Å². The number of carbonyl (C=O) groups is 1. The van der Waals surface area contributed by atoms with Gasteiger partial charge in [0.2, 0.25) is 11.9 Å². The zero-order valence-electron chi connectivity index (χ0n) is 12.0. The number of benzene rings is 1. The lowest BCUT2D eigenvalue weighted by Crippen LogP contribution is -2.34. The van der Waals surface area contributed by atoms with Crippen LogP contribution in [0.3, 0.4) is 0 Å². The minimum absolute atomic E-state index is 0.133. The van der Waals surface area contributed by atoms with E-state index in [-0.39, 0.29) is 11.9 Å². The monoisotopic (exact) mass is 272 g/mol. The van der Waals surface area contributed by atoms with Gasteiger partial charge in [-0.05, 0) is 44.4 Å². The Balaban J connectivity index is 2.00. The molecule has 2 N–H and O–H groups in total. The van der Waals surface area contributed by atoms with Crippen LogP contribution in [0.25, 0.3) is 11.0 Å². The zero-order chi connectivity index (χ0) is 14.3. The summed E-state index contributed by atoms with van der Waals surface area (Å²) in [7, 11) is 0. The number of amides is 1. The summed E-state index contributed by atoms with van der Waals surface area (Å²) in [5.41, 5.74) is 8.94. The first kappa shape index (κ1) is 13.0. The number of hydrogen-bond acceptors (Lipinski definition) is 3. The maximum Gasteiger partial charge on any atom is 0.245 e. The highest BCUT2D eigenvalue weighted by molar-refractivity contribution is 5.86. The summed E-state index contributed by atoms with van der Waals surface area (Å²) in [6.45, 7) is 5.63. The molecule has 0 aliphatic carbocycles. The standard InChI is InChI=1S/C15H20N4O/c1-10-5-6-13-12(9-10)17-15(16)19(13)11(2)14(20)18-7-3-4-8-18/h5-6,9,11H,3-4,7-8H2,1-2H3,(H2,16,17). The molecule has 1 fully saturated rings. The van der Waals surface area contributed by atoms with E-state index in [9.17, 15) is 4.79 Å². The van der Waals surface area contributed by atoms with Crippen molar-refractivity contribution in [3.05, 3.63) is 23.8 Å². The molecule has 0 bridgehead atoms. The van der Waals surface area contributed by atoms with Gasteiger partial charge in [0.25, 0.3) is 0 Å². The van der Waals surface area contributed by atoms with E-state index in [1.165, 1.54) is 0 Å². The van der Waals surface area contributed by atoms with E-state index >= 15 is 0 Å². The third kappa shape index (κ3) is 2.03. The Morgan fingerprint density at radius 3 is 2.75 bits per heavy atom. The van der Waals surface area contributed by atoms with Crippen LogP contribution in [0.2, 0.25) is 0 Å². The Bertz CT molecular complexity index is 655. The molecule has 1 aliphatic rings. The lowest BCUT2D eigenvalue weighted by Gasteiger charge is -2.22. The summed E-state index contributed by atoms with van der Waals surface area (Å²) in [5, 5.41) is 0. The van der Waals surface area contributed by atoms with Gasteiger partial charge >= 0.3 is 0 Å². The van der Waals surface area contributed by atoms with Gasteiger partial charge in [-0.3, -0.25) is 9.36 Å². The highest BCUT2D eigenvalue weighted by atomic mass is 16.2. The summed E-state index contributed by atoms with van der Waals surface area (Å²) in [4.78, 5) is 18.8. The predicted molar refractivity (Wildman–Crippen MR) is 79.4 cm³/mol. The van der Waals surface area contributed by atoms with Crippen LogP contribution in [-0.2, 0) is 4.79 Å². The second-order valence-electron chi connectivity index (χ2n) is 5.54. The molecule has 1 amide bonds. The number of carbonyl (C=O) groups excluding carboxylic acids is 1. The topological polar surface area (TPSA) is 64.1 Å². The summed E-state index contributed by atoms with van der Waals surface area (Å²) in [5.74, 6) is 0.541. The number of aromatic nitrogens is 2. The molecule has 1 unspecified atom stereocenters. The van der Waals surface area contributed by atoms with Gasteiger partial charge in [0.1, 0.15) is 6.04 Å². The fourth-order valence-electron chi connectivity index (χ4n) is 2.95. The number of imidazole rings is 1. The number of anilines is 1. The third-order valence-electron chi connectivity index (χ3n) is 4.03. The maximum absolute atomic E-state index is 12.5. The van der Waals surface area contributed by atoms with Crippen LogP contribution in [0.5, 0.6) is 0 Å². The Kier molecular flexibility index (Phi) is 3.12. The average molecular weight is 272 g/mol. The van der Waals surface area contributed by atoms with Gasteiger partial charge < -0.3 is 10.6 Å². The van der Waals surface area contributed by atoms with E-state index < -0.39 is 0 Å². The molecule has 2 heterocycles.